The summed E-state index contributed by atoms with van der Waals surface area (Å²) in [5.74, 6) is -0.899. The van der Waals surface area contributed by atoms with Gasteiger partial charge in [0.2, 0.25) is 0 Å². The molecule has 0 saturated carbocycles. The van der Waals surface area contributed by atoms with Crippen molar-refractivity contribution >= 4 is 35.0 Å². The van der Waals surface area contributed by atoms with Crippen LogP contribution in [-0.2, 0) is 16.1 Å². The van der Waals surface area contributed by atoms with Gasteiger partial charge in [-0.25, -0.2) is 0 Å². The number of hydrogen-bond donors (Lipinski definition) is 1. The molecule has 0 aliphatic heterocycles. The van der Waals surface area contributed by atoms with Crippen molar-refractivity contribution in [2.75, 3.05) is 6.54 Å². The average Bonchev–Trinajstić information content (AvgIpc) is 2.88. The van der Waals surface area contributed by atoms with Gasteiger partial charge < -0.3 is 10.1 Å². The Morgan fingerprint density at radius 3 is 2.90 bits per heavy atom. The first kappa shape index (κ1) is 15.4. The van der Waals surface area contributed by atoms with E-state index >= 15 is 0 Å². The smallest absolute Gasteiger partial charge is 0.325 e. The van der Waals surface area contributed by atoms with Gasteiger partial charge in [-0.1, -0.05) is 33.8 Å². The van der Waals surface area contributed by atoms with Gasteiger partial charge in [-0.3, -0.25) is 9.59 Å². The van der Waals surface area contributed by atoms with Crippen molar-refractivity contribution in [3.63, 3.8) is 0 Å². The molecular formula is C13H12ClN3O3S. The van der Waals surface area contributed by atoms with Crippen molar-refractivity contribution in [1.29, 1.82) is 0 Å². The molecule has 8 heteroatoms. The Bertz CT molecular complexity index is 660. The SMILES string of the molecule is Cc1cccc(C(=O)NCC(=O)OCc2nnsc2Cl)c1. The van der Waals surface area contributed by atoms with E-state index in [1.807, 2.05) is 13.0 Å². The lowest BCUT2D eigenvalue weighted by Gasteiger charge is -2.06. The zero-order valence-electron chi connectivity index (χ0n) is 11.1. The first-order chi connectivity index (χ1) is 10.1. The molecule has 0 atom stereocenters. The fourth-order valence-corrected chi connectivity index (χ4v) is 2.12. The molecule has 1 amide bonds. The molecule has 0 aliphatic rings. The molecule has 0 aliphatic carbocycles. The molecule has 2 aromatic rings. The lowest BCUT2D eigenvalue weighted by atomic mass is 10.1. The number of benzene rings is 1. The standard InChI is InChI=1S/C13H12ClN3O3S/c1-8-3-2-4-9(5-8)13(19)15-6-11(18)20-7-10-12(14)21-17-16-10/h2-5H,6-7H2,1H3,(H,15,19). The molecule has 0 spiro atoms. The van der Waals surface area contributed by atoms with E-state index in [9.17, 15) is 9.59 Å². The number of aromatic nitrogens is 2. The summed E-state index contributed by atoms with van der Waals surface area (Å²) in [6.07, 6.45) is 0. The van der Waals surface area contributed by atoms with Gasteiger partial charge in [0, 0.05) is 17.1 Å². The Kier molecular flexibility index (Phi) is 5.24. The third kappa shape index (κ3) is 4.51. The van der Waals surface area contributed by atoms with E-state index in [2.05, 4.69) is 14.9 Å². The van der Waals surface area contributed by atoms with E-state index < -0.39 is 5.97 Å². The quantitative estimate of drug-likeness (QED) is 0.850. The van der Waals surface area contributed by atoms with Crippen molar-refractivity contribution in [2.45, 2.75) is 13.5 Å². The number of amides is 1. The molecule has 0 saturated heterocycles. The van der Waals surface area contributed by atoms with Crippen LogP contribution in [0.4, 0.5) is 0 Å². The van der Waals surface area contributed by atoms with E-state index in [0.29, 0.717) is 15.6 Å². The lowest BCUT2D eigenvalue weighted by molar-refractivity contribution is -0.143. The summed E-state index contributed by atoms with van der Waals surface area (Å²) in [5, 5.41) is 6.20. The first-order valence-electron chi connectivity index (χ1n) is 6.03. The summed E-state index contributed by atoms with van der Waals surface area (Å²) in [7, 11) is 0. The number of ether oxygens (including phenoxy) is 1. The van der Waals surface area contributed by atoms with E-state index in [1.54, 1.807) is 18.2 Å². The summed E-state index contributed by atoms with van der Waals surface area (Å²) in [4.78, 5) is 23.4. The fraction of sp³-hybridized carbons (Fsp3) is 0.231. The molecule has 1 N–H and O–H groups in total. The Morgan fingerprint density at radius 1 is 1.43 bits per heavy atom. The van der Waals surface area contributed by atoms with Crippen LogP contribution in [0.5, 0.6) is 0 Å². The molecule has 6 nitrogen and oxygen atoms in total. The summed E-state index contributed by atoms with van der Waals surface area (Å²) in [6, 6.07) is 7.08. The second kappa shape index (κ2) is 7.14. The Labute approximate surface area is 130 Å². The highest BCUT2D eigenvalue weighted by Gasteiger charge is 2.11. The molecule has 0 radical (unpaired) electrons. The molecule has 110 valence electrons. The van der Waals surface area contributed by atoms with E-state index in [0.717, 1.165) is 17.1 Å². The predicted molar refractivity (Wildman–Crippen MR) is 78.2 cm³/mol. The Morgan fingerprint density at radius 2 is 2.24 bits per heavy atom. The van der Waals surface area contributed by atoms with Crippen LogP contribution in [0.2, 0.25) is 4.34 Å². The normalized spacial score (nSPS) is 10.2. The van der Waals surface area contributed by atoms with Crippen LogP contribution >= 0.6 is 23.1 Å². The third-order valence-electron chi connectivity index (χ3n) is 2.55. The van der Waals surface area contributed by atoms with Crippen molar-refractivity contribution in [1.82, 2.24) is 14.9 Å². The number of rotatable bonds is 5. The van der Waals surface area contributed by atoms with Gasteiger partial charge in [-0.05, 0) is 19.1 Å². The largest absolute Gasteiger partial charge is 0.458 e. The monoisotopic (exact) mass is 325 g/mol. The Balaban J connectivity index is 1.79. The van der Waals surface area contributed by atoms with Gasteiger partial charge >= 0.3 is 5.97 Å². The van der Waals surface area contributed by atoms with Gasteiger partial charge in [0.25, 0.3) is 5.91 Å². The number of carbonyl (C=O) groups is 2. The molecule has 21 heavy (non-hydrogen) atoms. The van der Waals surface area contributed by atoms with Crippen molar-refractivity contribution in [3.8, 4) is 0 Å². The van der Waals surface area contributed by atoms with Gasteiger partial charge in [-0.2, -0.15) is 0 Å². The number of nitrogens with one attached hydrogen (secondary N) is 1. The lowest BCUT2D eigenvalue weighted by Crippen LogP contribution is -2.30. The summed E-state index contributed by atoms with van der Waals surface area (Å²) in [6.45, 7) is 1.60. The number of esters is 1. The molecule has 1 heterocycles. The summed E-state index contributed by atoms with van der Waals surface area (Å²) >= 11 is 6.79. The Hall–Kier alpha value is -1.99. The average molecular weight is 326 g/mol. The zero-order chi connectivity index (χ0) is 15.2. The zero-order valence-corrected chi connectivity index (χ0v) is 12.7. The van der Waals surface area contributed by atoms with E-state index in [1.165, 1.54) is 0 Å². The third-order valence-corrected chi connectivity index (χ3v) is 3.54. The molecule has 2 rings (SSSR count). The number of carbonyl (C=O) groups excluding carboxylic acids is 2. The number of halogens is 1. The van der Waals surface area contributed by atoms with Gasteiger partial charge in [0.05, 0.1) is 0 Å². The van der Waals surface area contributed by atoms with Crippen molar-refractivity contribution in [3.05, 3.63) is 45.4 Å². The van der Waals surface area contributed by atoms with Crippen molar-refractivity contribution < 1.29 is 14.3 Å². The molecule has 0 fully saturated rings. The molecule has 1 aromatic carbocycles. The number of nitrogens with zero attached hydrogens (tertiary/aromatic N) is 2. The first-order valence-corrected chi connectivity index (χ1v) is 7.18. The summed E-state index contributed by atoms with van der Waals surface area (Å²) in [5.41, 5.74) is 1.87. The van der Waals surface area contributed by atoms with Crippen LogP contribution < -0.4 is 5.32 Å². The highest BCUT2D eigenvalue weighted by atomic mass is 35.5. The van der Waals surface area contributed by atoms with Crippen LogP contribution in [0.15, 0.2) is 24.3 Å². The predicted octanol–water partition coefficient (Wildman–Crippen LogP) is 1.97. The maximum atomic E-state index is 11.8. The second-order valence-corrected chi connectivity index (χ2v) is 5.56. The highest BCUT2D eigenvalue weighted by Crippen LogP contribution is 2.17. The second-order valence-electron chi connectivity index (χ2n) is 4.21. The van der Waals surface area contributed by atoms with Gasteiger partial charge in [-0.15, -0.1) is 5.10 Å². The van der Waals surface area contributed by atoms with E-state index in [4.69, 9.17) is 16.3 Å². The minimum Gasteiger partial charge on any atom is -0.458 e. The maximum Gasteiger partial charge on any atom is 0.325 e. The molecule has 0 unspecified atom stereocenters. The van der Waals surface area contributed by atoms with Crippen LogP contribution in [0.1, 0.15) is 21.6 Å². The van der Waals surface area contributed by atoms with E-state index in [-0.39, 0.29) is 19.1 Å². The number of aryl methyl sites for hydroxylation is 1. The van der Waals surface area contributed by atoms with Gasteiger partial charge in [0.15, 0.2) is 0 Å². The molecule has 0 bridgehead atoms. The highest BCUT2D eigenvalue weighted by molar-refractivity contribution is 7.10. The topological polar surface area (TPSA) is 81.2 Å². The van der Waals surface area contributed by atoms with Crippen LogP contribution in [0.25, 0.3) is 0 Å². The van der Waals surface area contributed by atoms with Crippen molar-refractivity contribution in [2.24, 2.45) is 0 Å². The van der Waals surface area contributed by atoms with Crippen LogP contribution in [0, 0.1) is 6.92 Å². The molecular weight excluding hydrogens is 314 g/mol. The summed E-state index contributed by atoms with van der Waals surface area (Å²) < 4.78 is 8.94. The van der Waals surface area contributed by atoms with Crippen LogP contribution in [0.3, 0.4) is 0 Å². The minimum absolute atomic E-state index is 0.0610. The number of hydrogen-bond acceptors (Lipinski definition) is 6. The minimum atomic E-state index is -0.569. The van der Waals surface area contributed by atoms with Crippen LogP contribution in [-0.4, -0.2) is 28.0 Å². The maximum absolute atomic E-state index is 11.8. The molecule has 1 aromatic heterocycles. The van der Waals surface area contributed by atoms with Gasteiger partial charge in [0.1, 0.15) is 23.2 Å². The fourth-order valence-electron chi connectivity index (χ4n) is 1.52.